The smallest absolute Gasteiger partial charge is 0.410 e. The quantitative estimate of drug-likeness (QED) is 0.656. The van der Waals surface area contributed by atoms with Gasteiger partial charge < -0.3 is 9.64 Å². The van der Waals surface area contributed by atoms with Gasteiger partial charge in [-0.05, 0) is 50.5 Å². The summed E-state index contributed by atoms with van der Waals surface area (Å²) in [6.45, 7) is 9.03. The Morgan fingerprint density at radius 1 is 1.04 bits per heavy atom. The monoisotopic (exact) mass is 444 g/mol. The Kier molecular flexibility index (Phi) is 6.78. The fourth-order valence-corrected chi connectivity index (χ4v) is 3.80. The highest BCUT2D eigenvalue weighted by atomic mass is 79.9. The van der Waals surface area contributed by atoms with Gasteiger partial charge in [0.2, 0.25) is 0 Å². The van der Waals surface area contributed by atoms with E-state index >= 15 is 0 Å². The summed E-state index contributed by atoms with van der Waals surface area (Å²) in [6, 6.07) is 18.9. The lowest BCUT2D eigenvalue weighted by atomic mass is 10.0. The van der Waals surface area contributed by atoms with Crippen LogP contribution in [0.25, 0.3) is 0 Å². The minimum absolute atomic E-state index is 0.0912. The minimum atomic E-state index is -0.486. The summed E-state index contributed by atoms with van der Waals surface area (Å²) < 4.78 is 6.74. The highest BCUT2D eigenvalue weighted by molar-refractivity contribution is 9.10. The Hall–Kier alpha value is -1.85. The van der Waals surface area contributed by atoms with Crippen molar-refractivity contribution in [3.8, 4) is 0 Å². The fraction of sp³-hybridized carbons (Fsp3) is 0.435. The predicted octanol–water partition coefficient (Wildman–Crippen LogP) is 5.11. The van der Waals surface area contributed by atoms with Crippen LogP contribution in [0.2, 0.25) is 0 Å². The molecule has 28 heavy (non-hydrogen) atoms. The Morgan fingerprint density at radius 2 is 1.71 bits per heavy atom. The molecule has 1 aliphatic heterocycles. The molecule has 1 saturated heterocycles. The summed E-state index contributed by atoms with van der Waals surface area (Å²) in [7, 11) is 0. The summed E-state index contributed by atoms with van der Waals surface area (Å²) in [4.78, 5) is 17.2. The summed E-state index contributed by atoms with van der Waals surface area (Å²) in [5.41, 5.74) is 2.04. The zero-order valence-electron chi connectivity index (χ0n) is 16.9. The van der Waals surface area contributed by atoms with E-state index in [4.69, 9.17) is 4.74 Å². The first-order chi connectivity index (χ1) is 13.3. The number of nitrogens with zero attached hydrogens (tertiary/aromatic N) is 2. The van der Waals surface area contributed by atoms with Crippen LogP contribution in [-0.4, -0.2) is 47.2 Å². The largest absolute Gasteiger partial charge is 0.444 e. The number of carbonyl (C=O) groups is 1. The van der Waals surface area contributed by atoms with Crippen molar-refractivity contribution in [3.63, 3.8) is 0 Å². The number of hydrogen-bond donors (Lipinski definition) is 0. The average Bonchev–Trinajstić information content (AvgIpc) is 2.63. The number of ether oxygens (including phenoxy) is 1. The first-order valence-electron chi connectivity index (χ1n) is 9.80. The van der Waals surface area contributed by atoms with Crippen molar-refractivity contribution in [2.45, 2.75) is 45.4 Å². The van der Waals surface area contributed by atoms with E-state index in [9.17, 15) is 4.79 Å². The molecule has 4 nitrogen and oxygen atoms in total. The van der Waals surface area contributed by atoms with E-state index in [0.29, 0.717) is 6.54 Å². The Morgan fingerprint density at radius 3 is 2.36 bits per heavy atom. The van der Waals surface area contributed by atoms with Crippen LogP contribution in [0.1, 0.15) is 31.9 Å². The molecule has 0 saturated carbocycles. The first-order valence-corrected chi connectivity index (χ1v) is 10.6. The van der Waals surface area contributed by atoms with Crippen molar-refractivity contribution < 1.29 is 9.53 Å². The van der Waals surface area contributed by atoms with Gasteiger partial charge in [-0.2, -0.15) is 0 Å². The van der Waals surface area contributed by atoms with Gasteiger partial charge >= 0.3 is 6.09 Å². The second-order valence-corrected chi connectivity index (χ2v) is 9.29. The summed E-state index contributed by atoms with van der Waals surface area (Å²) >= 11 is 3.49. The third-order valence-corrected chi connectivity index (χ3v) is 5.36. The maximum atomic E-state index is 12.8. The molecule has 1 atom stereocenters. The van der Waals surface area contributed by atoms with Crippen LogP contribution in [0.5, 0.6) is 0 Å². The molecule has 0 aromatic heterocycles. The van der Waals surface area contributed by atoms with Crippen LogP contribution >= 0.6 is 15.9 Å². The number of halogens is 1. The highest BCUT2D eigenvalue weighted by Gasteiger charge is 2.33. The predicted molar refractivity (Wildman–Crippen MR) is 116 cm³/mol. The molecule has 0 N–H and O–H groups in total. The van der Waals surface area contributed by atoms with E-state index < -0.39 is 5.60 Å². The SMILES string of the molecule is CC(C)(C)OC(=O)N1CCN(Cc2ccccc2)C[C@H]1Cc1ccc(Br)cc1. The molecule has 1 aliphatic rings. The lowest BCUT2D eigenvalue weighted by Gasteiger charge is -2.42. The van der Waals surface area contributed by atoms with Crippen LogP contribution in [0.4, 0.5) is 4.79 Å². The lowest BCUT2D eigenvalue weighted by molar-refractivity contribution is -0.00232. The van der Waals surface area contributed by atoms with E-state index in [1.165, 1.54) is 11.1 Å². The van der Waals surface area contributed by atoms with Gasteiger partial charge in [-0.15, -0.1) is 0 Å². The molecule has 1 fully saturated rings. The second-order valence-electron chi connectivity index (χ2n) is 8.38. The maximum Gasteiger partial charge on any atom is 0.410 e. The molecule has 3 rings (SSSR count). The van der Waals surface area contributed by atoms with Gasteiger partial charge in [0.05, 0.1) is 6.04 Å². The van der Waals surface area contributed by atoms with Gasteiger partial charge in [0.15, 0.2) is 0 Å². The van der Waals surface area contributed by atoms with Crippen LogP contribution in [0, 0.1) is 0 Å². The first kappa shape index (κ1) is 20.9. The Bertz CT molecular complexity index is 771. The van der Waals surface area contributed by atoms with E-state index in [-0.39, 0.29) is 12.1 Å². The van der Waals surface area contributed by atoms with Gasteiger partial charge in [-0.25, -0.2) is 4.79 Å². The van der Waals surface area contributed by atoms with Crippen molar-refractivity contribution >= 4 is 22.0 Å². The highest BCUT2D eigenvalue weighted by Crippen LogP contribution is 2.21. The van der Waals surface area contributed by atoms with E-state index in [0.717, 1.165) is 30.5 Å². The molecular formula is C23H29BrN2O2. The number of piperazine rings is 1. The fourth-order valence-electron chi connectivity index (χ4n) is 3.53. The number of rotatable bonds is 4. The lowest BCUT2D eigenvalue weighted by Crippen LogP contribution is -2.56. The number of carbonyl (C=O) groups excluding carboxylic acids is 1. The Balaban J connectivity index is 1.73. The van der Waals surface area contributed by atoms with Crippen LogP contribution < -0.4 is 0 Å². The number of benzene rings is 2. The number of hydrogen-bond acceptors (Lipinski definition) is 3. The molecule has 0 aliphatic carbocycles. The van der Waals surface area contributed by atoms with Gasteiger partial charge in [-0.3, -0.25) is 4.90 Å². The zero-order chi connectivity index (χ0) is 20.1. The van der Waals surface area contributed by atoms with Crippen molar-refractivity contribution in [1.82, 2.24) is 9.80 Å². The van der Waals surface area contributed by atoms with Crippen LogP contribution in [0.15, 0.2) is 59.1 Å². The number of amides is 1. The van der Waals surface area contributed by atoms with Crippen LogP contribution in [0.3, 0.4) is 0 Å². The van der Waals surface area contributed by atoms with E-state index in [1.807, 2.05) is 31.7 Å². The van der Waals surface area contributed by atoms with Gasteiger partial charge in [-0.1, -0.05) is 58.4 Å². The zero-order valence-corrected chi connectivity index (χ0v) is 18.5. The molecule has 2 aromatic rings. The van der Waals surface area contributed by atoms with Crippen molar-refractivity contribution in [3.05, 3.63) is 70.2 Å². The molecule has 2 aromatic carbocycles. The summed E-state index contributed by atoms with van der Waals surface area (Å²) in [5, 5.41) is 0. The summed E-state index contributed by atoms with van der Waals surface area (Å²) in [6.07, 6.45) is 0.603. The van der Waals surface area contributed by atoms with Crippen LogP contribution in [-0.2, 0) is 17.7 Å². The van der Waals surface area contributed by atoms with Gasteiger partial charge in [0.1, 0.15) is 5.60 Å². The molecule has 0 unspecified atom stereocenters. The third-order valence-electron chi connectivity index (χ3n) is 4.83. The normalized spacial score (nSPS) is 18.1. The average molecular weight is 445 g/mol. The molecule has 0 bridgehead atoms. The minimum Gasteiger partial charge on any atom is -0.444 e. The molecule has 1 heterocycles. The van der Waals surface area contributed by atoms with E-state index in [2.05, 4.69) is 69.4 Å². The Labute approximate surface area is 176 Å². The summed E-state index contributed by atoms with van der Waals surface area (Å²) in [5.74, 6) is 0. The molecular weight excluding hydrogens is 416 g/mol. The second kappa shape index (κ2) is 9.10. The van der Waals surface area contributed by atoms with Gasteiger partial charge in [0, 0.05) is 30.7 Å². The molecule has 1 amide bonds. The standard InChI is InChI=1S/C23H29BrN2O2/c1-23(2,3)28-22(27)26-14-13-25(16-19-7-5-4-6-8-19)17-21(26)15-18-9-11-20(24)12-10-18/h4-12,21H,13-17H2,1-3H3/t21-/m1/s1. The molecule has 5 heteroatoms. The molecule has 150 valence electrons. The topological polar surface area (TPSA) is 32.8 Å². The molecule has 0 radical (unpaired) electrons. The van der Waals surface area contributed by atoms with Crippen molar-refractivity contribution in [2.24, 2.45) is 0 Å². The molecule has 0 spiro atoms. The third kappa shape index (κ3) is 6.08. The van der Waals surface area contributed by atoms with Gasteiger partial charge in [0.25, 0.3) is 0 Å². The van der Waals surface area contributed by atoms with Crippen molar-refractivity contribution in [2.75, 3.05) is 19.6 Å². The van der Waals surface area contributed by atoms with E-state index in [1.54, 1.807) is 0 Å². The maximum absolute atomic E-state index is 12.8. The van der Waals surface area contributed by atoms with Crippen molar-refractivity contribution in [1.29, 1.82) is 0 Å².